The molecule has 0 aliphatic heterocycles. The minimum Gasteiger partial charge on any atom is -0.477 e. The summed E-state index contributed by atoms with van der Waals surface area (Å²) in [6.07, 6.45) is 0. The first-order valence-corrected chi connectivity index (χ1v) is 5.44. The molecule has 0 aliphatic rings. The van der Waals surface area contributed by atoms with Gasteiger partial charge in [0.15, 0.2) is 11.6 Å². The summed E-state index contributed by atoms with van der Waals surface area (Å²) in [7, 11) is 0. The molecule has 1 aromatic heterocycles. The number of carboxylic acid groups (broad SMARTS) is 1. The van der Waals surface area contributed by atoms with Crippen molar-refractivity contribution in [3.63, 3.8) is 0 Å². The van der Waals surface area contributed by atoms with E-state index in [1.165, 1.54) is 12.1 Å². The predicted molar refractivity (Wildman–Crippen MR) is 64.9 cm³/mol. The van der Waals surface area contributed by atoms with E-state index in [9.17, 15) is 13.6 Å². The number of benzene rings is 1. The third-order valence-electron chi connectivity index (χ3n) is 2.42. The number of hydrogen-bond donors (Lipinski definition) is 2. The molecule has 0 unspecified atom stereocenters. The van der Waals surface area contributed by atoms with Crippen LogP contribution < -0.4 is 5.32 Å². The van der Waals surface area contributed by atoms with Crippen LogP contribution in [0.5, 0.6) is 0 Å². The molecular formula is C13H10F2N2O2. The maximum atomic E-state index is 13.0. The number of carbonyl (C=O) groups is 1. The van der Waals surface area contributed by atoms with E-state index < -0.39 is 17.6 Å². The van der Waals surface area contributed by atoms with Crippen LogP contribution in [0.4, 0.5) is 14.5 Å². The number of nitrogens with one attached hydrogen (secondary N) is 1. The van der Waals surface area contributed by atoms with Gasteiger partial charge in [0, 0.05) is 11.8 Å². The highest BCUT2D eigenvalue weighted by Crippen LogP contribution is 2.14. The van der Waals surface area contributed by atoms with Gasteiger partial charge in [-0.2, -0.15) is 0 Å². The number of pyridine rings is 1. The van der Waals surface area contributed by atoms with Gasteiger partial charge in [-0.15, -0.1) is 0 Å². The van der Waals surface area contributed by atoms with Crippen molar-refractivity contribution >= 4 is 11.7 Å². The summed E-state index contributed by atoms with van der Waals surface area (Å²) in [4.78, 5) is 14.6. The van der Waals surface area contributed by atoms with E-state index in [4.69, 9.17) is 5.11 Å². The Morgan fingerprint density at radius 1 is 1.21 bits per heavy atom. The molecule has 1 aromatic carbocycles. The zero-order valence-corrected chi connectivity index (χ0v) is 9.73. The largest absolute Gasteiger partial charge is 0.477 e. The fourth-order valence-electron chi connectivity index (χ4n) is 1.50. The molecule has 0 aliphatic carbocycles. The Balaban J connectivity index is 2.07. The van der Waals surface area contributed by atoms with Crippen LogP contribution in [0.15, 0.2) is 36.4 Å². The Morgan fingerprint density at radius 3 is 2.68 bits per heavy atom. The van der Waals surface area contributed by atoms with E-state index in [1.807, 2.05) is 0 Å². The molecule has 0 atom stereocenters. The zero-order valence-electron chi connectivity index (χ0n) is 9.73. The molecule has 0 saturated heterocycles. The van der Waals surface area contributed by atoms with Gasteiger partial charge < -0.3 is 10.4 Å². The summed E-state index contributed by atoms with van der Waals surface area (Å²) in [5.41, 5.74) is 0.815. The third-order valence-corrected chi connectivity index (χ3v) is 2.42. The third kappa shape index (κ3) is 3.25. The first-order valence-electron chi connectivity index (χ1n) is 5.44. The van der Waals surface area contributed by atoms with Gasteiger partial charge in [0.1, 0.15) is 5.69 Å². The van der Waals surface area contributed by atoms with Crippen LogP contribution >= 0.6 is 0 Å². The average molecular weight is 264 g/mol. The highest BCUT2D eigenvalue weighted by Gasteiger charge is 2.06. The van der Waals surface area contributed by atoms with Crippen LogP contribution in [0, 0.1) is 11.6 Å². The highest BCUT2D eigenvalue weighted by atomic mass is 19.2. The lowest BCUT2D eigenvalue weighted by Gasteiger charge is -2.06. The molecule has 2 rings (SSSR count). The van der Waals surface area contributed by atoms with Crippen LogP contribution in [-0.2, 0) is 6.54 Å². The molecule has 0 amide bonds. The molecule has 19 heavy (non-hydrogen) atoms. The van der Waals surface area contributed by atoms with Crippen LogP contribution in [0.25, 0.3) is 0 Å². The van der Waals surface area contributed by atoms with Crippen LogP contribution in [0.2, 0.25) is 0 Å². The summed E-state index contributed by atoms with van der Waals surface area (Å²) in [6.45, 7) is 0.214. The van der Waals surface area contributed by atoms with Gasteiger partial charge >= 0.3 is 5.97 Å². The van der Waals surface area contributed by atoms with E-state index in [0.717, 1.165) is 12.1 Å². The lowest BCUT2D eigenvalue weighted by molar-refractivity contribution is 0.0690. The van der Waals surface area contributed by atoms with Crippen molar-refractivity contribution in [2.75, 3.05) is 5.32 Å². The fraction of sp³-hybridized carbons (Fsp3) is 0.0769. The van der Waals surface area contributed by atoms with Crippen molar-refractivity contribution in [2.45, 2.75) is 6.54 Å². The van der Waals surface area contributed by atoms with E-state index in [2.05, 4.69) is 10.3 Å². The zero-order chi connectivity index (χ0) is 13.8. The van der Waals surface area contributed by atoms with Gasteiger partial charge in [-0.05, 0) is 24.3 Å². The molecule has 2 aromatic rings. The molecule has 4 nitrogen and oxygen atoms in total. The van der Waals surface area contributed by atoms with Crippen LogP contribution in [0.3, 0.4) is 0 Å². The molecule has 0 bridgehead atoms. The predicted octanol–water partition coefficient (Wildman–Crippen LogP) is 2.67. The second-order valence-corrected chi connectivity index (χ2v) is 3.80. The van der Waals surface area contributed by atoms with Crippen molar-refractivity contribution in [3.05, 3.63) is 59.4 Å². The van der Waals surface area contributed by atoms with E-state index in [-0.39, 0.29) is 12.2 Å². The van der Waals surface area contributed by atoms with Crippen molar-refractivity contribution < 1.29 is 18.7 Å². The topological polar surface area (TPSA) is 62.2 Å². The van der Waals surface area contributed by atoms with Gasteiger partial charge in [0.25, 0.3) is 0 Å². The van der Waals surface area contributed by atoms with E-state index in [1.54, 1.807) is 12.1 Å². The first kappa shape index (κ1) is 12.9. The lowest BCUT2D eigenvalue weighted by atomic mass is 10.2. The molecular weight excluding hydrogens is 254 g/mol. The van der Waals surface area contributed by atoms with Crippen molar-refractivity contribution in [1.82, 2.24) is 4.98 Å². The maximum Gasteiger partial charge on any atom is 0.354 e. The fourth-order valence-corrected chi connectivity index (χ4v) is 1.50. The summed E-state index contributed by atoms with van der Waals surface area (Å²) in [5, 5.41) is 11.6. The van der Waals surface area contributed by atoms with Crippen LogP contribution in [-0.4, -0.2) is 16.1 Å². The molecule has 2 N–H and O–H groups in total. The van der Waals surface area contributed by atoms with Gasteiger partial charge in [-0.1, -0.05) is 6.07 Å². The molecule has 0 radical (unpaired) electrons. The van der Waals surface area contributed by atoms with Gasteiger partial charge in [-0.25, -0.2) is 18.6 Å². The maximum absolute atomic E-state index is 13.0. The standard InChI is InChI=1S/C13H10F2N2O2/c14-10-5-4-8(6-11(10)15)16-7-9-2-1-3-12(17-9)13(18)19/h1-6,16H,7H2,(H,18,19). The number of aromatic nitrogens is 1. The van der Waals surface area contributed by atoms with Gasteiger partial charge in [-0.3, -0.25) is 0 Å². The molecule has 98 valence electrons. The smallest absolute Gasteiger partial charge is 0.354 e. The second-order valence-electron chi connectivity index (χ2n) is 3.80. The molecule has 6 heteroatoms. The quantitative estimate of drug-likeness (QED) is 0.891. The molecule has 1 heterocycles. The number of rotatable bonds is 4. The monoisotopic (exact) mass is 264 g/mol. The number of carboxylic acids is 1. The first-order chi connectivity index (χ1) is 9.06. The minimum absolute atomic E-state index is 0.0652. The van der Waals surface area contributed by atoms with Crippen LogP contribution in [0.1, 0.15) is 16.2 Å². The number of halogens is 2. The van der Waals surface area contributed by atoms with E-state index >= 15 is 0 Å². The highest BCUT2D eigenvalue weighted by molar-refractivity contribution is 5.85. The number of nitrogens with zero attached hydrogens (tertiary/aromatic N) is 1. The number of anilines is 1. The summed E-state index contributed by atoms with van der Waals surface area (Å²) < 4.78 is 25.7. The second kappa shape index (κ2) is 5.43. The Kier molecular flexibility index (Phi) is 3.70. The Morgan fingerprint density at radius 2 is 2.00 bits per heavy atom. The SMILES string of the molecule is O=C(O)c1cccc(CNc2ccc(F)c(F)c2)n1. The minimum atomic E-state index is -1.12. The summed E-state index contributed by atoms with van der Waals surface area (Å²) in [6, 6.07) is 8.01. The number of hydrogen-bond acceptors (Lipinski definition) is 3. The Hall–Kier alpha value is -2.50. The van der Waals surface area contributed by atoms with Crippen molar-refractivity contribution in [1.29, 1.82) is 0 Å². The Bertz CT molecular complexity index is 617. The normalized spacial score (nSPS) is 10.2. The summed E-state index contributed by atoms with van der Waals surface area (Å²) >= 11 is 0. The molecule has 0 fully saturated rings. The average Bonchev–Trinajstić information content (AvgIpc) is 2.40. The Labute approximate surface area is 107 Å². The van der Waals surface area contributed by atoms with Crippen molar-refractivity contribution in [3.8, 4) is 0 Å². The van der Waals surface area contributed by atoms with Gasteiger partial charge in [0.05, 0.1) is 12.2 Å². The molecule has 0 saturated carbocycles. The lowest BCUT2D eigenvalue weighted by Crippen LogP contribution is -2.06. The van der Waals surface area contributed by atoms with Gasteiger partial charge in [0.2, 0.25) is 0 Å². The molecule has 0 spiro atoms. The summed E-state index contributed by atoms with van der Waals surface area (Å²) in [5.74, 6) is -2.98. The number of aromatic carboxylic acids is 1. The van der Waals surface area contributed by atoms with E-state index in [0.29, 0.717) is 11.4 Å². The van der Waals surface area contributed by atoms with Crippen molar-refractivity contribution in [2.24, 2.45) is 0 Å².